The van der Waals surface area contributed by atoms with Crippen LogP contribution in [0.5, 0.6) is 5.88 Å². The molecule has 1 N–H and O–H groups in total. The number of esters is 1. The van der Waals surface area contributed by atoms with Gasteiger partial charge in [0, 0.05) is 31.7 Å². The van der Waals surface area contributed by atoms with Crippen molar-refractivity contribution in [3.8, 4) is 5.88 Å². The molecule has 10 heteroatoms. The topological polar surface area (TPSA) is 97.8 Å². The van der Waals surface area contributed by atoms with Crippen LogP contribution in [0.15, 0.2) is 59.7 Å². The number of hydrogen-bond donors (Lipinski definition) is 1. The van der Waals surface area contributed by atoms with E-state index in [4.69, 9.17) is 9.47 Å². The van der Waals surface area contributed by atoms with Crippen molar-refractivity contribution in [2.24, 2.45) is 56.7 Å². The van der Waals surface area contributed by atoms with Crippen LogP contribution < -0.4 is 10.1 Å². The Morgan fingerprint density at radius 2 is 1.71 bits per heavy atom. The molecule has 340 valence electrons. The van der Waals surface area contributed by atoms with Gasteiger partial charge in [0.05, 0.1) is 28.2 Å². The molecule has 6 aliphatic carbocycles. The van der Waals surface area contributed by atoms with Gasteiger partial charge in [0.2, 0.25) is 5.88 Å². The molecule has 0 bridgehead atoms. The lowest BCUT2D eigenvalue weighted by atomic mass is 9.33. The zero-order valence-electron chi connectivity index (χ0n) is 39.0. The van der Waals surface area contributed by atoms with Gasteiger partial charge in [-0.15, -0.1) is 0 Å². The van der Waals surface area contributed by atoms with Crippen molar-refractivity contribution in [3.63, 3.8) is 0 Å². The van der Waals surface area contributed by atoms with E-state index in [9.17, 15) is 13.2 Å². The maximum Gasteiger partial charge on any atom is 0.315 e. The van der Waals surface area contributed by atoms with Gasteiger partial charge in [0.25, 0.3) is 0 Å². The minimum Gasteiger partial charge on any atom is -0.475 e. The molecule has 9 rings (SSSR count). The predicted octanol–water partition coefficient (Wildman–Crippen LogP) is 10.6. The van der Waals surface area contributed by atoms with Gasteiger partial charge in [-0.1, -0.05) is 71.1 Å². The molecule has 2 unspecified atom stereocenters. The molecule has 1 aromatic carbocycles. The molecule has 0 radical (unpaired) electrons. The monoisotopic (exact) mass is 886 g/mol. The van der Waals surface area contributed by atoms with E-state index in [0.717, 1.165) is 36.0 Å². The van der Waals surface area contributed by atoms with Gasteiger partial charge in [-0.3, -0.25) is 4.79 Å². The Kier molecular flexibility index (Phi) is 11.6. The number of carbonyl (C=O) groups is 1. The Hall–Kier alpha value is -2.53. The molecule has 5 fully saturated rings. The lowest BCUT2D eigenvalue weighted by Crippen LogP contribution is -2.68. The van der Waals surface area contributed by atoms with Crippen molar-refractivity contribution in [2.45, 2.75) is 131 Å². The van der Waals surface area contributed by atoms with Crippen molar-refractivity contribution in [1.82, 2.24) is 14.6 Å². The van der Waals surface area contributed by atoms with Crippen molar-refractivity contribution in [1.29, 1.82) is 0 Å². The maximum atomic E-state index is 13.7. The fourth-order valence-electron chi connectivity index (χ4n) is 16.0. The summed E-state index contributed by atoms with van der Waals surface area (Å²) >= 11 is 1.44. The number of aromatic nitrogens is 1. The molecule has 8 nitrogen and oxygen atoms in total. The highest BCUT2D eigenvalue weighted by molar-refractivity contribution is 7.91. The third kappa shape index (κ3) is 7.12. The van der Waals surface area contributed by atoms with Crippen LogP contribution in [-0.4, -0.2) is 80.1 Å². The van der Waals surface area contributed by atoms with Crippen LogP contribution in [0.1, 0.15) is 126 Å². The lowest BCUT2D eigenvalue weighted by Gasteiger charge is -2.72. The fraction of sp³-hybridized carbons (Fsp3) is 0.731. The first-order chi connectivity index (χ1) is 29.4. The summed E-state index contributed by atoms with van der Waals surface area (Å²) in [5, 5.41) is 5.24. The van der Waals surface area contributed by atoms with Crippen molar-refractivity contribution in [2.75, 3.05) is 50.9 Å². The van der Waals surface area contributed by atoms with Crippen LogP contribution in [0.25, 0.3) is 10.1 Å². The standard InChI is InChI=1S/C52H75N3O5S2/c1-9-59-46(56)51(34-60-45-38-12-10-11-13-41(38)61-54-45)23-16-36(17-24-51)39-19-21-48(6)42(47(39,4)5)20-22-50(8)43(48)15-14-40-44-37(35(2)3)18-25-52(44,27-26-49(40,50)7)53-28-29-55-30-32-62(57,58)33-31-55/h10-13,16,19,37,40,42-44,53H,2,9,14-15,17-18,20-34H2,1,3-8H3/t37-,40?,42-,43+,44+,48-,49+,50+,51?,52-/m0/s1. The van der Waals surface area contributed by atoms with E-state index in [1.165, 1.54) is 79.6 Å². The molecule has 10 atom stereocenters. The largest absolute Gasteiger partial charge is 0.475 e. The van der Waals surface area contributed by atoms with Gasteiger partial charge in [0.15, 0.2) is 9.84 Å². The van der Waals surface area contributed by atoms with E-state index in [1.54, 1.807) is 0 Å². The SMILES string of the molecule is C=C(C)[C@@H]1CC[C@]2(NCCN3CCS(=O)(=O)CC3)CC[C@]3(C)C(CC[C@@H]4[C@@]5(C)CC=C(C6=CCC(COc7nsc8ccccc78)(C(=O)OCC)CC6)C(C)(C)[C@@H]5CC[C@]43C)[C@@H]12. The molecule has 0 spiro atoms. The smallest absolute Gasteiger partial charge is 0.315 e. The van der Waals surface area contributed by atoms with Gasteiger partial charge in [-0.25, -0.2) is 8.42 Å². The number of sulfone groups is 1. The quantitative estimate of drug-likeness (QED) is 0.176. The average Bonchev–Trinajstić information content (AvgIpc) is 3.83. The fourth-order valence-corrected chi connectivity index (χ4v) is 18.0. The first-order valence-electron chi connectivity index (χ1n) is 24.3. The van der Waals surface area contributed by atoms with Gasteiger partial charge < -0.3 is 19.7 Å². The van der Waals surface area contributed by atoms with Gasteiger partial charge in [-0.05, 0) is 177 Å². The minimum absolute atomic E-state index is 0.0263. The zero-order valence-corrected chi connectivity index (χ0v) is 40.6. The first-order valence-corrected chi connectivity index (χ1v) is 26.9. The van der Waals surface area contributed by atoms with Gasteiger partial charge >= 0.3 is 5.97 Å². The Labute approximate surface area is 377 Å². The maximum absolute atomic E-state index is 13.7. The molecule has 1 saturated heterocycles. The van der Waals surface area contributed by atoms with Gasteiger partial charge in [-0.2, -0.15) is 4.37 Å². The molecular formula is C52H75N3O5S2. The summed E-state index contributed by atoms with van der Waals surface area (Å²) in [7, 11) is -2.87. The minimum atomic E-state index is -2.87. The number of ether oxygens (including phenoxy) is 2. The van der Waals surface area contributed by atoms with E-state index < -0.39 is 15.3 Å². The summed E-state index contributed by atoms with van der Waals surface area (Å²) in [6.07, 6.45) is 18.4. The number of carbonyl (C=O) groups excluding carboxylic acids is 1. The van der Waals surface area contributed by atoms with E-state index in [-0.39, 0.29) is 39.8 Å². The second kappa shape index (κ2) is 16.1. The number of nitrogens with zero attached hydrogens (tertiary/aromatic N) is 2. The lowest BCUT2D eigenvalue weighted by molar-refractivity contribution is -0.221. The summed E-state index contributed by atoms with van der Waals surface area (Å²) < 4.78 is 42.1. The Balaban J connectivity index is 0.936. The third-order valence-corrected chi connectivity index (χ3v) is 21.9. The van der Waals surface area contributed by atoms with E-state index in [0.29, 0.717) is 79.5 Å². The van der Waals surface area contributed by atoms with Crippen LogP contribution in [0, 0.1) is 56.7 Å². The summed E-state index contributed by atoms with van der Waals surface area (Å²) in [6.45, 7) is 25.9. The first kappa shape index (κ1) is 44.7. The van der Waals surface area contributed by atoms with E-state index in [2.05, 4.69) is 80.9 Å². The summed E-state index contributed by atoms with van der Waals surface area (Å²) in [4.78, 5) is 16.1. The molecule has 2 aromatic rings. The third-order valence-electron chi connectivity index (χ3n) is 19.5. The molecule has 62 heavy (non-hydrogen) atoms. The highest BCUT2D eigenvalue weighted by Crippen LogP contribution is 2.76. The Morgan fingerprint density at radius 3 is 2.44 bits per heavy atom. The van der Waals surface area contributed by atoms with Crippen molar-refractivity contribution < 1.29 is 22.7 Å². The molecule has 1 aliphatic heterocycles. The summed E-state index contributed by atoms with van der Waals surface area (Å²) in [5.74, 6) is 4.14. The molecule has 1 aromatic heterocycles. The van der Waals surface area contributed by atoms with Crippen LogP contribution in [0.2, 0.25) is 0 Å². The number of hydrogen-bond acceptors (Lipinski definition) is 9. The second-order valence-electron chi connectivity index (χ2n) is 22.5. The van der Waals surface area contributed by atoms with Gasteiger partial charge in [0.1, 0.15) is 12.0 Å². The Morgan fingerprint density at radius 1 is 0.935 bits per heavy atom. The normalized spacial score (nSPS) is 40.0. The molecule has 4 saturated carbocycles. The summed E-state index contributed by atoms with van der Waals surface area (Å²) in [6, 6.07) is 8.13. The van der Waals surface area contributed by atoms with E-state index >= 15 is 0 Å². The number of nitrogens with one attached hydrogen (secondary N) is 1. The number of benzene rings is 1. The van der Waals surface area contributed by atoms with Crippen LogP contribution in [-0.2, 0) is 19.4 Å². The number of rotatable bonds is 11. The highest BCUT2D eigenvalue weighted by Gasteiger charge is 2.70. The molecule has 2 heterocycles. The molecular weight excluding hydrogens is 811 g/mol. The van der Waals surface area contributed by atoms with Crippen molar-refractivity contribution in [3.05, 3.63) is 59.7 Å². The van der Waals surface area contributed by atoms with Crippen LogP contribution in [0.4, 0.5) is 0 Å². The van der Waals surface area contributed by atoms with Crippen LogP contribution >= 0.6 is 11.5 Å². The summed E-state index contributed by atoms with van der Waals surface area (Å²) in [5.41, 5.74) is 4.51. The number of allylic oxidation sites excluding steroid dienone is 5. The zero-order chi connectivity index (χ0) is 43.9. The highest BCUT2D eigenvalue weighted by atomic mass is 32.2. The average molecular weight is 886 g/mol. The Bertz CT molecular complexity index is 2230. The van der Waals surface area contributed by atoms with Crippen molar-refractivity contribution >= 4 is 37.4 Å². The number of fused-ring (bicyclic) bond motifs is 8. The van der Waals surface area contributed by atoms with E-state index in [1.807, 2.05) is 25.1 Å². The van der Waals surface area contributed by atoms with Crippen LogP contribution in [0.3, 0.4) is 0 Å². The predicted molar refractivity (Wildman–Crippen MR) is 252 cm³/mol. The molecule has 0 amide bonds. The second-order valence-corrected chi connectivity index (χ2v) is 25.6. The molecule has 7 aliphatic rings.